The van der Waals surface area contributed by atoms with E-state index in [9.17, 15) is 5.11 Å². The molecule has 4 aromatic rings. The second kappa shape index (κ2) is 4.72. The monoisotopic (exact) mass is 275 g/mol. The Balaban J connectivity index is 1.79. The van der Waals surface area contributed by atoms with Crippen LogP contribution in [0.15, 0.2) is 71.3 Å². The second-order valence-electron chi connectivity index (χ2n) is 5.04. The van der Waals surface area contributed by atoms with Crippen molar-refractivity contribution in [2.75, 3.05) is 0 Å². The van der Waals surface area contributed by atoms with Gasteiger partial charge in [0.1, 0.15) is 17.4 Å². The van der Waals surface area contributed by atoms with Crippen molar-refractivity contribution < 1.29 is 9.52 Å². The zero-order valence-electron chi connectivity index (χ0n) is 11.2. The van der Waals surface area contributed by atoms with Gasteiger partial charge in [-0.05, 0) is 35.9 Å². The highest BCUT2D eigenvalue weighted by Crippen LogP contribution is 2.29. The molecule has 0 amide bonds. The Labute approximate surface area is 121 Å². The van der Waals surface area contributed by atoms with Crippen LogP contribution in [0.3, 0.4) is 0 Å². The molecule has 2 heterocycles. The molecule has 0 bridgehead atoms. The van der Waals surface area contributed by atoms with Crippen molar-refractivity contribution in [3.05, 3.63) is 78.2 Å². The van der Waals surface area contributed by atoms with Crippen LogP contribution in [0, 0.1) is 0 Å². The van der Waals surface area contributed by atoms with Crippen molar-refractivity contribution in [1.29, 1.82) is 0 Å². The van der Waals surface area contributed by atoms with E-state index in [0.717, 1.165) is 27.4 Å². The van der Waals surface area contributed by atoms with Crippen LogP contribution in [-0.2, 0) is 0 Å². The minimum Gasteiger partial charge on any atom is -0.458 e. The van der Waals surface area contributed by atoms with Gasteiger partial charge < -0.3 is 9.52 Å². The van der Waals surface area contributed by atoms with E-state index in [4.69, 9.17) is 4.42 Å². The van der Waals surface area contributed by atoms with Gasteiger partial charge in [-0.3, -0.25) is 4.98 Å². The smallest absolute Gasteiger partial charge is 0.138 e. The molecule has 102 valence electrons. The number of hydrogen-bond donors (Lipinski definition) is 1. The van der Waals surface area contributed by atoms with E-state index in [-0.39, 0.29) is 0 Å². The lowest BCUT2D eigenvalue weighted by Crippen LogP contribution is -1.97. The molecule has 0 aliphatic heterocycles. The predicted molar refractivity (Wildman–Crippen MR) is 82.0 cm³/mol. The van der Waals surface area contributed by atoms with Crippen molar-refractivity contribution >= 4 is 21.9 Å². The Morgan fingerprint density at radius 3 is 2.67 bits per heavy atom. The number of aromatic nitrogens is 1. The highest BCUT2D eigenvalue weighted by atomic mass is 16.4. The van der Waals surface area contributed by atoms with Crippen LogP contribution in [-0.4, -0.2) is 10.1 Å². The average molecular weight is 275 g/mol. The van der Waals surface area contributed by atoms with Gasteiger partial charge in [0.05, 0.1) is 5.52 Å². The van der Waals surface area contributed by atoms with Gasteiger partial charge in [0.2, 0.25) is 0 Å². The third kappa shape index (κ3) is 2.08. The fraction of sp³-hybridized carbons (Fsp3) is 0.0556. The Hall–Kier alpha value is -2.65. The van der Waals surface area contributed by atoms with Crippen LogP contribution in [0.25, 0.3) is 21.9 Å². The number of fused-ring (bicyclic) bond motifs is 2. The van der Waals surface area contributed by atoms with E-state index in [1.165, 1.54) is 0 Å². The maximum Gasteiger partial charge on any atom is 0.138 e. The first kappa shape index (κ1) is 12.1. The molecule has 1 unspecified atom stereocenters. The molecule has 1 atom stereocenters. The van der Waals surface area contributed by atoms with E-state index >= 15 is 0 Å². The SMILES string of the molecule is OC(c1ccc2ncccc2c1)c1cc2ccccc2o1. The summed E-state index contributed by atoms with van der Waals surface area (Å²) in [6.45, 7) is 0. The van der Waals surface area contributed by atoms with Crippen molar-refractivity contribution in [2.45, 2.75) is 6.10 Å². The molecule has 0 saturated heterocycles. The lowest BCUT2D eigenvalue weighted by Gasteiger charge is -2.08. The Morgan fingerprint density at radius 2 is 1.76 bits per heavy atom. The van der Waals surface area contributed by atoms with Gasteiger partial charge in [0, 0.05) is 17.0 Å². The first-order chi connectivity index (χ1) is 10.3. The number of para-hydroxylation sites is 1. The zero-order chi connectivity index (χ0) is 14.2. The van der Waals surface area contributed by atoms with Crippen molar-refractivity contribution in [2.24, 2.45) is 0 Å². The number of furan rings is 1. The summed E-state index contributed by atoms with van der Waals surface area (Å²) in [5.74, 6) is 0.555. The maximum atomic E-state index is 10.5. The molecule has 4 rings (SSSR count). The molecule has 0 aliphatic carbocycles. The Bertz CT molecular complexity index is 893. The van der Waals surface area contributed by atoms with Crippen LogP contribution >= 0.6 is 0 Å². The van der Waals surface area contributed by atoms with Crippen molar-refractivity contribution in [3.63, 3.8) is 0 Å². The van der Waals surface area contributed by atoms with Gasteiger partial charge in [0.25, 0.3) is 0 Å². The van der Waals surface area contributed by atoms with Crippen molar-refractivity contribution in [3.8, 4) is 0 Å². The molecular formula is C18H13NO2. The largest absolute Gasteiger partial charge is 0.458 e. The van der Waals surface area contributed by atoms with Crippen LogP contribution in [0.4, 0.5) is 0 Å². The van der Waals surface area contributed by atoms with Crippen LogP contribution < -0.4 is 0 Å². The molecule has 0 saturated carbocycles. The Kier molecular flexibility index (Phi) is 2.72. The summed E-state index contributed by atoms with van der Waals surface area (Å²) in [6, 6.07) is 19.2. The lowest BCUT2D eigenvalue weighted by molar-refractivity contribution is 0.192. The third-order valence-corrected chi connectivity index (χ3v) is 3.66. The van der Waals surface area contributed by atoms with Crippen LogP contribution in [0.2, 0.25) is 0 Å². The quantitative estimate of drug-likeness (QED) is 0.600. The number of rotatable bonds is 2. The zero-order valence-corrected chi connectivity index (χ0v) is 11.2. The van der Waals surface area contributed by atoms with E-state index in [2.05, 4.69) is 4.98 Å². The first-order valence-corrected chi connectivity index (χ1v) is 6.82. The van der Waals surface area contributed by atoms with Crippen molar-refractivity contribution in [1.82, 2.24) is 4.98 Å². The topological polar surface area (TPSA) is 46.3 Å². The van der Waals surface area contributed by atoms with Crippen LogP contribution in [0.1, 0.15) is 17.4 Å². The summed E-state index contributed by atoms with van der Waals surface area (Å²) >= 11 is 0. The summed E-state index contributed by atoms with van der Waals surface area (Å²) in [5, 5.41) is 12.5. The van der Waals surface area contributed by atoms with Gasteiger partial charge in [-0.1, -0.05) is 30.3 Å². The van der Waals surface area contributed by atoms with Gasteiger partial charge in [-0.2, -0.15) is 0 Å². The number of nitrogens with zero attached hydrogens (tertiary/aromatic N) is 1. The molecule has 0 fully saturated rings. The second-order valence-corrected chi connectivity index (χ2v) is 5.04. The molecule has 1 N–H and O–H groups in total. The molecule has 3 nitrogen and oxygen atoms in total. The summed E-state index contributed by atoms with van der Waals surface area (Å²) < 4.78 is 5.73. The average Bonchev–Trinajstić information content (AvgIpc) is 2.97. The first-order valence-electron chi connectivity index (χ1n) is 6.82. The van der Waals surface area contributed by atoms with E-state index in [1.807, 2.05) is 60.7 Å². The van der Waals surface area contributed by atoms with E-state index in [1.54, 1.807) is 6.20 Å². The summed E-state index contributed by atoms with van der Waals surface area (Å²) in [7, 11) is 0. The standard InChI is InChI=1S/C18H13NO2/c20-18(17-11-13-4-1-2-6-16(13)21-17)14-7-8-15-12(10-14)5-3-9-19-15/h1-11,18,20H. The van der Waals surface area contributed by atoms with Gasteiger partial charge in [0.15, 0.2) is 0 Å². The molecule has 0 aliphatic rings. The van der Waals surface area contributed by atoms with Crippen LogP contribution in [0.5, 0.6) is 0 Å². The number of benzene rings is 2. The number of aliphatic hydroxyl groups is 1. The maximum absolute atomic E-state index is 10.5. The fourth-order valence-electron chi connectivity index (χ4n) is 2.57. The minimum atomic E-state index is -0.776. The molecule has 3 heteroatoms. The Morgan fingerprint density at radius 1 is 0.905 bits per heavy atom. The van der Waals surface area contributed by atoms with Gasteiger partial charge in [-0.25, -0.2) is 0 Å². The molecular weight excluding hydrogens is 262 g/mol. The van der Waals surface area contributed by atoms with Gasteiger partial charge in [-0.15, -0.1) is 0 Å². The van der Waals surface area contributed by atoms with E-state index in [0.29, 0.717) is 5.76 Å². The highest BCUT2D eigenvalue weighted by molar-refractivity contribution is 5.80. The third-order valence-electron chi connectivity index (χ3n) is 3.66. The predicted octanol–water partition coefficient (Wildman–Crippen LogP) is 4.06. The molecule has 21 heavy (non-hydrogen) atoms. The number of pyridine rings is 1. The normalized spacial score (nSPS) is 12.8. The lowest BCUT2D eigenvalue weighted by atomic mass is 10.0. The fourth-order valence-corrected chi connectivity index (χ4v) is 2.57. The highest BCUT2D eigenvalue weighted by Gasteiger charge is 2.15. The minimum absolute atomic E-state index is 0.555. The molecule has 2 aromatic heterocycles. The molecule has 0 spiro atoms. The summed E-state index contributed by atoms with van der Waals surface area (Å²) in [5.41, 5.74) is 2.50. The number of hydrogen-bond acceptors (Lipinski definition) is 3. The summed E-state index contributed by atoms with van der Waals surface area (Å²) in [6.07, 6.45) is 0.986. The van der Waals surface area contributed by atoms with Gasteiger partial charge >= 0.3 is 0 Å². The number of aliphatic hydroxyl groups excluding tert-OH is 1. The summed E-state index contributed by atoms with van der Waals surface area (Å²) in [4.78, 5) is 4.28. The van der Waals surface area contributed by atoms with E-state index < -0.39 is 6.10 Å². The molecule has 0 radical (unpaired) electrons. The molecule has 2 aromatic carbocycles.